The summed E-state index contributed by atoms with van der Waals surface area (Å²) >= 11 is 6.42. The fourth-order valence-electron chi connectivity index (χ4n) is 3.34. The molecule has 4 rings (SSSR count). The lowest BCUT2D eigenvalue weighted by Gasteiger charge is -2.34. The van der Waals surface area contributed by atoms with Crippen LogP contribution in [0.5, 0.6) is 0 Å². The van der Waals surface area contributed by atoms with Crippen molar-refractivity contribution in [2.24, 2.45) is 0 Å². The Balaban J connectivity index is 1.67. The van der Waals surface area contributed by atoms with Crippen molar-refractivity contribution in [3.8, 4) is 11.1 Å². The Bertz CT molecular complexity index is 960. The molecule has 0 bridgehead atoms. The van der Waals surface area contributed by atoms with Gasteiger partial charge in [0, 0.05) is 42.8 Å². The maximum atomic E-state index is 11.3. The van der Waals surface area contributed by atoms with Gasteiger partial charge in [0.2, 0.25) is 0 Å². The molecule has 134 valence electrons. The lowest BCUT2D eigenvalue weighted by Crippen LogP contribution is -2.44. The van der Waals surface area contributed by atoms with E-state index in [-0.39, 0.29) is 5.69 Å². The van der Waals surface area contributed by atoms with Crippen molar-refractivity contribution in [2.75, 3.05) is 38.1 Å². The van der Waals surface area contributed by atoms with E-state index >= 15 is 0 Å². The number of H-pyrrole nitrogens is 1. The van der Waals surface area contributed by atoms with E-state index in [0.29, 0.717) is 15.9 Å². The van der Waals surface area contributed by atoms with Gasteiger partial charge in [0.25, 0.3) is 0 Å². The van der Waals surface area contributed by atoms with Crippen LogP contribution in [0.4, 0.5) is 5.69 Å². The van der Waals surface area contributed by atoms with Crippen LogP contribution in [-0.4, -0.2) is 59.4 Å². The average molecular weight is 371 g/mol. The van der Waals surface area contributed by atoms with Gasteiger partial charge in [0.05, 0.1) is 10.5 Å². The molecule has 0 aliphatic carbocycles. The number of aromatic nitrogens is 2. The molecule has 1 fully saturated rings. The van der Waals surface area contributed by atoms with Crippen molar-refractivity contribution in [1.29, 1.82) is 0 Å². The summed E-state index contributed by atoms with van der Waals surface area (Å²) in [6.07, 6.45) is 0. The predicted molar refractivity (Wildman–Crippen MR) is 103 cm³/mol. The summed E-state index contributed by atoms with van der Waals surface area (Å²) in [4.78, 5) is 16.0. The smallest absolute Gasteiger partial charge is 0.357 e. The van der Waals surface area contributed by atoms with Gasteiger partial charge in [-0.3, -0.25) is 5.10 Å². The SMILES string of the molecule is CN1CCN(c2ccc(-c3cc4c(C(=O)O)n[nH]c4cc3Cl)cc2)CC1. The van der Waals surface area contributed by atoms with Crippen LogP contribution in [0.25, 0.3) is 22.0 Å². The van der Waals surface area contributed by atoms with Crippen molar-refractivity contribution in [3.05, 3.63) is 47.1 Å². The highest BCUT2D eigenvalue weighted by Gasteiger charge is 2.17. The Labute approximate surface area is 156 Å². The number of nitrogens with zero attached hydrogens (tertiary/aromatic N) is 3. The minimum absolute atomic E-state index is 0.00646. The quantitative estimate of drug-likeness (QED) is 0.739. The number of anilines is 1. The molecular weight excluding hydrogens is 352 g/mol. The monoisotopic (exact) mass is 370 g/mol. The van der Waals surface area contributed by atoms with Crippen molar-refractivity contribution in [1.82, 2.24) is 15.1 Å². The predicted octanol–water partition coefficient (Wildman–Crippen LogP) is 3.33. The normalized spacial score (nSPS) is 15.5. The molecule has 0 atom stereocenters. The number of piperazine rings is 1. The van der Waals surface area contributed by atoms with E-state index in [1.165, 1.54) is 5.69 Å². The molecule has 7 heteroatoms. The van der Waals surface area contributed by atoms with Crippen molar-refractivity contribution in [2.45, 2.75) is 0 Å². The summed E-state index contributed by atoms with van der Waals surface area (Å²) < 4.78 is 0. The van der Waals surface area contributed by atoms with Crippen LogP contribution < -0.4 is 4.90 Å². The lowest BCUT2D eigenvalue weighted by molar-refractivity contribution is 0.0692. The summed E-state index contributed by atoms with van der Waals surface area (Å²) in [5.41, 5.74) is 3.56. The fourth-order valence-corrected chi connectivity index (χ4v) is 3.61. The molecule has 2 N–H and O–H groups in total. The van der Waals surface area contributed by atoms with Crippen molar-refractivity contribution >= 4 is 34.2 Å². The lowest BCUT2D eigenvalue weighted by atomic mass is 10.0. The first-order valence-electron chi connectivity index (χ1n) is 8.48. The van der Waals surface area contributed by atoms with E-state index in [4.69, 9.17) is 11.6 Å². The van der Waals surface area contributed by atoms with Gasteiger partial charge in [0.15, 0.2) is 5.69 Å². The number of carboxylic acids is 1. The Hall–Kier alpha value is -2.57. The molecule has 0 radical (unpaired) electrons. The standard InChI is InChI=1S/C19H19ClN4O2/c1-23-6-8-24(9-7-23)13-4-2-12(3-5-13)14-10-15-17(11-16(14)20)21-22-18(15)19(25)26/h2-5,10-11H,6-9H2,1H3,(H,21,22)(H,25,26). The zero-order chi connectivity index (χ0) is 18.3. The van der Waals surface area contributed by atoms with Gasteiger partial charge in [-0.2, -0.15) is 5.10 Å². The molecule has 2 heterocycles. The summed E-state index contributed by atoms with van der Waals surface area (Å²) in [7, 11) is 2.14. The fraction of sp³-hybridized carbons (Fsp3) is 0.263. The topological polar surface area (TPSA) is 72.5 Å². The number of hydrogen-bond donors (Lipinski definition) is 2. The first-order chi connectivity index (χ1) is 12.5. The minimum Gasteiger partial charge on any atom is -0.476 e. The van der Waals surface area contributed by atoms with E-state index in [0.717, 1.165) is 37.3 Å². The minimum atomic E-state index is -1.06. The van der Waals surface area contributed by atoms with Crippen LogP contribution in [-0.2, 0) is 0 Å². The van der Waals surface area contributed by atoms with Gasteiger partial charge >= 0.3 is 5.97 Å². The van der Waals surface area contributed by atoms with Gasteiger partial charge in [0.1, 0.15) is 0 Å². The van der Waals surface area contributed by atoms with E-state index in [9.17, 15) is 9.90 Å². The molecule has 2 aromatic carbocycles. The zero-order valence-corrected chi connectivity index (χ0v) is 15.1. The Morgan fingerprint density at radius 1 is 1.15 bits per heavy atom. The number of nitrogens with one attached hydrogen (secondary N) is 1. The van der Waals surface area contributed by atoms with Crippen LogP contribution in [0, 0.1) is 0 Å². The van der Waals surface area contributed by atoms with Crippen LogP contribution >= 0.6 is 11.6 Å². The highest BCUT2D eigenvalue weighted by Crippen LogP contribution is 2.33. The molecule has 1 saturated heterocycles. The van der Waals surface area contributed by atoms with Crippen LogP contribution in [0.1, 0.15) is 10.5 Å². The van der Waals surface area contributed by atoms with Gasteiger partial charge in [-0.05, 0) is 36.9 Å². The maximum Gasteiger partial charge on any atom is 0.357 e. The van der Waals surface area contributed by atoms with Gasteiger partial charge in [-0.25, -0.2) is 4.79 Å². The van der Waals surface area contributed by atoms with Crippen LogP contribution in [0.2, 0.25) is 5.02 Å². The number of aromatic carboxylic acids is 1. The van der Waals surface area contributed by atoms with E-state index in [1.807, 2.05) is 12.1 Å². The Morgan fingerprint density at radius 3 is 2.50 bits per heavy atom. The van der Waals surface area contributed by atoms with E-state index in [1.54, 1.807) is 12.1 Å². The first-order valence-corrected chi connectivity index (χ1v) is 8.85. The third-order valence-electron chi connectivity index (χ3n) is 4.90. The number of rotatable bonds is 3. The third kappa shape index (κ3) is 3.02. The summed E-state index contributed by atoms with van der Waals surface area (Å²) in [6, 6.07) is 11.8. The van der Waals surface area contributed by atoms with Crippen LogP contribution in [0.15, 0.2) is 36.4 Å². The molecule has 3 aromatic rings. The van der Waals surface area contributed by atoms with Gasteiger partial charge in [-0.1, -0.05) is 23.7 Å². The second kappa shape index (κ2) is 6.63. The number of halogens is 1. The summed E-state index contributed by atoms with van der Waals surface area (Å²) in [5, 5.41) is 17.0. The summed E-state index contributed by atoms with van der Waals surface area (Å²) in [6.45, 7) is 4.14. The van der Waals surface area contributed by atoms with Gasteiger partial charge in [-0.15, -0.1) is 0 Å². The van der Waals surface area contributed by atoms with E-state index in [2.05, 4.69) is 39.2 Å². The number of benzene rings is 2. The average Bonchev–Trinajstić information content (AvgIpc) is 3.05. The second-order valence-corrected chi connectivity index (χ2v) is 7.00. The molecule has 26 heavy (non-hydrogen) atoms. The second-order valence-electron chi connectivity index (χ2n) is 6.59. The molecule has 0 spiro atoms. The molecule has 0 saturated carbocycles. The number of likely N-dealkylation sites (N-methyl/N-ethyl adjacent to an activating group) is 1. The molecule has 0 unspecified atom stereocenters. The maximum absolute atomic E-state index is 11.3. The van der Waals surface area contributed by atoms with E-state index < -0.39 is 5.97 Å². The number of carboxylic acid groups (broad SMARTS) is 1. The molecule has 0 amide bonds. The highest BCUT2D eigenvalue weighted by atomic mass is 35.5. The number of carbonyl (C=O) groups is 1. The molecule has 1 aromatic heterocycles. The number of fused-ring (bicyclic) bond motifs is 1. The largest absolute Gasteiger partial charge is 0.476 e. The number of hydrogen-bond acceptors (Lipinski definition) is 4. The number of aromatic amines is 1. The molecule has 1 aliphatic heterocycles. The first kappa shape index (κ1) is 16.9. The van der Waals surface area contributed by atoms with Crippen molar-refractivity contribution < 1.29 is 9.90 Å². The van der Waals surface area contributed by atoms with Crippen molar-refractivity contribution in [3.63, 3.8) is 0 Å². The third-order valence-corrected chi connectivity index (χ3v) is 5.21. The Kier molecular flexibility index (Phi) is 4.30. The molecular formula is C19H19ClN4O2. The molecule has 1 aliphatic rings. The Morgan fingerprint density at radius 2 is 1.85 bits per heavy atom. The highest BCUT2D eigenvalue weighted by molar-refractivity contribution is 6.34. The summed E-state index contributed by atoms with van der Waals surface area (Å²) in [5.74, 6) is -1.06. The zero-order valence-electron chi connectivity index (χ0n) is 14.4. The molecule has 6 nitrogen and oxygen atoms in total. The van der Waals surface area contributed by atoms with Crippen LogP contribution in [0.3, 0.4) is 0 Å². The van der Waals surface area contributed by atoms with Gasteiger partial charge < -0.3 is 14.9 Å².